The van der Waals surface area contributed by atoms with E-state index in [9.17, 15) is 14.9 Å². The lowest BCUT2D eigenvalue weighted by atomic mass is 10.2. The minimum atomic E-state index is -0.507. The van der Waals surface area contributed by atoms with Crippen LogP contribution in [0.3, 0.4) is 0 Å². The third-order valence-corrected chi connectivity index (χ3v) is 4.19. The van der Waals surface area contributed by atoms with Crippen LogP contribution in [-0.4, -0.2) is 44.8 Å². The number of aromatic nitrogens is 2. The fourth-order valence-corrected chi connectivity index (χ4v) is 2.76. The fourth-order valence-electron chi connectivity index (χ4n) is 1.97. The van der Waals surface area contributed by atoms with E-state index in [1.165, 1.54) is 23.1 Å². The van der Waals surface area contributed by atoms with Crippen LogP contribution in [0.2, 0.25) is 0 Å². The van der Waals surface area contributed by atoms with Crippen molar-refractivity contribution in [2.75, 3.05) is 13.6 Å². The predicted octanol–water partition coefficient (Wildman–Crippen LogP) is 2.50. The van der Waals surface area contributed by atoms with Crippen molar-refractivity contribution >= 4 is 23.4 Å². The number of non-ortho nitro benzene ring substituents is 1. The van der Waals surface area contributed by atoms with Crippen LogP contribution in [0.4, 0.5) is 5.69 Å². The molecule has 130 valence electrons. The second-order valence-electron chi connectivity index (χ2n) is 5.11. The van der Waals surface area contributed by atoms with E-state index in [0.717, 1.165) is 11.8 Å². The van der Waals surface area contributed by atoms with Gasteiger partial charge in [-0.05, 0) is 13.0 Å². The third kappa shape index (κ3) is 4.77. The van der Waals surface area contributed by atoms with Crippen LogP contribution in [0, 0.1) is 21.4 Å². The van der Waals surface area contributed by atoms with Gasteiger partial charge in [0.1, 0.15) is 0 Å². The molecule has 0 N–H and O–H groups in total. The molecule has 2 aromatic rings. The number of nitrogens with zero attached hydrogens (tertiary/aromatic N) is 5. The number of hydrogen-bond acceptors (Lipinski definition) is 8. The van der Waals surface area contributed by atoms with Gasteiger partial charge in [0.2, 0.25) is 11.8 Å². The van der Waals surface area contributed by atoms with E-state index in [1.54, 1.807) is 20.0 Å². The molecule has 2 rings (SSSR count). The Morgan fingerprint density at radius 3 is 2.96 bits per heavy atom. The van der Waals surface area contributed by atoms with Gasteiger partial charge < -0.3 is 9.32 Å². The highest BCUT2D eigenvalue weighted by Gasteiger charge is 2.22. The minimum Gasteiger partial charge on any atom is -0.411 e. The molecule has 25 heavy (non-hydrogen) atoms. The number of thioether (sulfide) groups is 1. The summed E-state index contributed by atoms with van der Waals surface area (Å²) in [6.45, 7) is 2.05. The first-order chi connectivity index (χ1) is 11.9. The Morgan fingerprint density at radius 1 is 1.52 bits per heavy atom. The van der Waals surface area contributed by atoms with Crippen molar-refractivity contribution in [2.45, 2.75) is 23.8 Å². The number of amides is 1. The molecular formula is C15H15N5O4S. The summed E-state index contributed by atoms with van der Waals surface area (Å²) in [7, 11) is 1.62. The highest BCUT2D eigenvalue weighted by Crippen LogP contribution is 2.28. The van der Waals surface area contributed by atoms with Crippen molar-refractivity contribution in [3.8, 4) is 17.5 Å². The predicted molar refractivity (Wildman–Crippen MR) is 89.6 cm³/mol. The first-order valence-corrected chi connectivity index (χ1v) is 8.17. The summed E-state index contributed by atoms with van der Waals surface area (Å²) in [5.41, 5.74) is 0.353. The topological polar surface area (TPSA) is 126 Å². The van der Waals surface area contributed by atoms with Crippen LogP contribution < -0.4 is 0 Å². The summed E-state index contributed by atoms with van der Waals surface area (Å²) in [5, 5.41) is 26.8. The standard InChI is InChI=1S/C15H15N5O4S/c1-10(14(21)19(2)8-4-7-16)25-15-18-17-13(24-15)11-5-3-6-12(9-11)20(22)23/h3,5-6,9-10H,4,8H2,1-2H3/t10-/m1/s1. The highest BCUT2D eigenvalue weighted by atomic mass is 32.2. The monoisotopic (exact) mass is 361 g/mol. The average Bonchev–Trinajstić information content (AvgIpc) is 3.07. The Bertz CT molecular complexity index is 816. The second kappa shape index (κ2) is 8.25. The number of nitro benzene ring substituents is 1. The molecule has 9 nitrogen and oxygen atoms in total. The zero-order valence-electron chi connectivity index (χ0n) is 13.6. The van der Waals surface area contributed by atoms with E-state index >= 15 is 0 Å². The van der Waals surface area contributed by atoms with Crippen molar-refractivity contribution in [3.63, 3.8) is 0 Å². The molecule has 10 heteroatoms. The Labute approximate surface area is 147 Å². The van der Waals surface area contributed by atoms with Crippen LogP contribution >= 0.6 is 11.8 Å². The molecule has 1 heterocycles. The SMILES string of the molecule is C[C@@H](Sc1nnc(-c2cccc([N+](=O)[O-])c2)o1)C(=O)N(C)CCC#N. The van der Waals surface area contributed by atoms with Crippen LogP contribution in [0.5, 0.6) is 0 Å². The molecule has 0 spiro atoms. The molecule has 1 aromatic heterocycles. The molecule has 0 saturated carbocycles. The number of carbonyl (C=O) groups is 1. The number of nitro groups is 1. The van der Waals surface area contributed by atoms with Gasteiger partial charge in [-0.3, -0.25) is 14.9 Å². The molecule has 0 fully saturated rings. The Balaban J connectivity index is 2.06. The minimum absolute atomic E-state index is 0.0763. The van der Waals surface area contributed by atoms with Crippen molar-refractivity contribution in [3.05, 3.63) is 34.4 Å². The summed E-state index contributed by atoms with van der Waals surface area (Å²) >= 11 is 1.09. The Morgan fingerprint density at radius 2 is 2.28 bits per heavy atom. The maximum atomic E-state index is 12.2. The highest BCUT2D eigenvalue weighted by molar-refractivity contribution is 8.00. The van der Waals surface area contributed by atoms with Gasteiger partial charge in [-0.2, -0.15) is 5.26 Å². The van der Waals surface area contributed by atoms with Crippen molar-refractivity contribution in [2.24, 2.45) is 0 Å². The molecule has 0 saturated heterocycles. The summed E-state index contributed by atoms with van der Waals surface area (Å²) in [5.74, 6) is -0.0148. The average molecular weight is 361 g/mol. The Kier molecular flexibility index (Phi) is 6.08. The number of nitriles is 1. The van der Waals surface area contributed by atoms with Gasteiger partial charge in [-0.15, -0.1) is 10.2 Å². The van der Waals surface area contributed by atoms with E-state index in [4.69, 9.17) is 9.68 Å². The second-order valence-corrected chi connectivity index (χ2v) is 6.40. The van der Waals surface area contributed by atoms with Gasteiger partial charge in [0.15, 0.2) is 0 Å². The molecule has 1 atom stereocenters. The van der Waals surface area contributed by atoms with E-state index in [-0.39, 0.29) is 29.1 Å². The van der Waals surface area contributed by atoms with Gasteiger partial charge >= 0.3 is 0 Å². The molecular weight excluding hydrogens is 346 g/mol. The van der Waals surface area contributed by atoms with Crippen LogP contribution in [-0.2, 0) is 4.79 Å². The maximum absolute atomic E-state index is 12.2. The maximum Gasteiger partial charge on any atom is 0.277 e. The van der Waals surface area contributed by atoms with Crippen molar-refractivity contribution in [1.29, 1.82) is 5.26 Å². The number of benzene rings is 1. The van der Waals surface area contributed by atoms with Crippen LogP contribution in [0.15, 0.2) is 33.9 Å². The van der Waals surface area contributed by atoms with Gasteiger partial charge in [0.05, 0.1) is 22.7 Å². The van der Waals surface area contributed by atoms with Crippen LogP contribution in [0.25, 0.3) is 11.5 Å². The first-order valence-electron chi connectivity index (χ1n) is 7.29. The number of rotatable bonds is 7. The summed E-state index contributed by atoms with van der Waals surface area (Å²) in [6, 6.07) is 7.85. The lowest BCUT2D eigenvalue weighted by Crippen LogP contribution is -2.33. The van der Waals surface area contributed by atoms with Crippen molar-refractivity contribution < 1.29 is 14.1 Å². The fraction of sp³-hybridized carbons (Fsp3) is 0.333. The summed E-state index contributed by atoms with van der Waals surface area (Å²) in [4.78, 5) is 24.0. The third-order valence-electron chi connectivity index (χ3n) is 3.27. The summed E-state index contributed by atoms with van der Waals surface area (Å²) in [6.07, 6.45) is 0.261. The number of carbonyl (C=O) groups excluding carboxylic acids is 1. The lowest BCUT2D eigenvalue weighted by molar-refractivity contribution is -0.384. The van der Waals surface area contributed by atoms with Gasteiger partial charge in [-0.25, -0.2) is 0 Å². The molecule has 1 aromatic carbocycles. The molecule has 0 bridgehead atoms. The molecule has 0 unspecified atom stereocenters. The normalized spacial score (nSPS) is 11.6. The molecule has 0 radical (unpaired) electrons. The Hall–Kier alpha value is -2.93. The van der Waals surface area contributed by atoms with E-state index in [2.05, 4.69) is 10.2 Å². The van der Waals surface area contributed by atoms with Crippen molar-refractivity contribution in [1.82, 2.24) is 15.1 Å². The van der Waals surface area contributed by atoms with E-state index in [1.807, 2.05) is 6.07 Å². The van der Waals surface area contributed by atoms with Crippen LogP contribution in [0.1, 0.15) is 13.3 Å². The molecule has 0 aliphatic rings. The quantitative estimate of drug-likeness (QED) is 0.418. The zero-order valence-corrected chi connectivity index (χ0v) is 14.4. The first kappa shape index (κ1) is 18.4. The molecule has 0 aliphatic heterocycles. The molecule has 0 aliphatic carbocycles. The van der Waals surface area contributed by atoms with Gasteiger partial charge in [0.25, 0.3) is 10.9 Å². The number of hydrogen-bond donors (Lipinski definition) is 0. The van der Waals surface area contributed by atoms with E-state index in [0.29, 0.717) is 12.1 Å². The largest absolute Gasteiger partial charge is 0.411 e. The van der Waals surface area contributed by atoms with Gasteiger partial charge in [-0.1, -0.05) is 17.8 Å². The zero-order chi connectivity index (χ0) is 18.4. The lowest BCUT2D eigenvalue weighted by Gasteiger charge is -2.18. The summed E-state index contributed by atoms with van der Waals surface area (Å²) < 4.78 is 5.48. The van der Waals surface area contributed by atoms with Gasteiger partial charge in [0, 0.05) is 31.3 Å². The smallest absolute Gasteiger partial charge is 0.277 e. The van der Waals surface area contributed by atoms with E-state index < -0.39 is 10.2 Å². The molecule has 1 amide bonds.